The first-order chi connectivity index (χ1) is 6.79. The lowest BCUT2D eigenvalue weighted by Gasteiger charge is -2.07. The first-order valence-corrected chi connectivity index (χ1v) is 6.14. The van der Waals surface area contributed by atoms with Crippen LogP contribution in [0.1, 0.15) is 64.7 Å². The number of hydrogen-bond donors (Lipinski definition) is 0. The molecule has 0 bridgehead atoms. The van der Waals surface area contributed by atoms with Gasteiger partial charge in [0.1, 0.15) is 0 Å². The Morgan fingerprint density at radius 3 is 2.00 bits per heavy atom. The maximum absolute atomic E-state index is 4.12. The van der Waals surface area contributed by atoms with Crippen LogP contribution in [0, 0.1) is 0 Å². The lowest BCUT2D eigenvalue weighted by molar-refractivity contribution is 0.575. The zero-order chi connectivity index (χ0) is 10.2. The van der Waals surface area contributed by atoms with Gasteiger partial charge in [-0.25, -0.2) is 0 Å². The summed E-state index contributed by atoms with van der Waals surface area (Å²) >= 11 is 0. The van der Waals surface area contributed by atoms with E-state index in [0.717, 1.165) is 0 Å². The van der Waals surface area contributed by atoms with Gasteiger partial charge in [0.25, 0.3) is 0 Å². The van der Waals surface area contributed by atoms with Crippen LogP contribution in [0.5, 0.6) is 0 Å². The van der Waals surface area contributed by atoms with Gasteiger partial charge in [-0.05, 0) is 32.6 Å². The monoisotopic (exact) mass is 192 g/mol. The fraction of sp³-hybridized carbons (Fsp3) is 0.714. The first-order valence-electron chi connectivity index (χ1n) is 6.14. The van der Waals surface area contributed by atoms with Crippen molar-refractivity contribution in [3.8, 4) is 0 Å². The van der Waals surface area contributed by atoms with Crippen molar-refractivity contribution in [3.05, 3.63) is 23.8 Å². The molecular formula is C14H24. The van der Waals surface area contributed by atoms with Gasteiger partial charge < -0.3 is 0 Å². The molecular weight excluding hydrogens is 168 g/mol. The van der Waals surface area contributed by atoms with Crippen LogP contribution in [-0.2, 0) is 0 Å². The predicted molar refractivity (Wildman–Crippen MR) is 64.5 cm³/mol. The van der Waals surface area contributed by atoms with Gasteiger partial charge in [-0.15, -0.1) is 0 Å². The molecule has 0 heterocycles. The molecule has 0 aromatic carbocycles. The first kappa shape index (κ1) is 11.6. The highest BCUT2D eigenvalue weighted by molar-refractivity contribution is 5.19. The van der Waals surface area contributed by atoms with Crippen molar-refractivity contribution in [2.45, 2.75) is 64.7 Å². The van der Waals surface area contributed by atoms with E-state index in [1.165, 1.54) is 68.9 Å². The molecule has 1 aliphatic rings. The Morgan fingerprint density at radius 1 is 0.857 bits per heavy atom. The van der Waals surface area contributed by atoms with Crippen molar-refractivity contribution < 1.29 is 0 Å². The van der Waals surface area contributed by atoms with Crippen LogP contribution in [0.25, 0.3) is 0 Å². The predicted octanol–water partition coefficient (Wildman–Crippen LogP) is 5.01. The molecule has 0 aliphatic heterocycles. The Labute approximate surface area is 89.1 Å². The molecule has 0 aromatic heterocycles. The van der Waals surface area contributed by atoms with Crippen molar-refractivity contribution in [2.75, 3.05) is 0 Å². The Bertz CT molecular complexity index is 198. The molecule has 0 heteroatoms. The summed E-state index contributed by atoms with van der Waals surface area (Å²) in [7, 11) is 0. The van der Waals surface area contributed by atoms with Crippen molar-refractivity contribution in [1.29, 1.82) is 0 Å². The SMILES string of the molecule is C=C1/C=C(/C)CCCCCCCCC1. The number of rotatable bonds is 0. The molecule has 0 saturated heterocycles. The molecule has 0 N–H and O–H groups in total. The van der Waals surface area contributed by atoms with E-state index in [0.29, 0.717) is 0 Å². The van der Waals surface area contributed by atoms with Crippen LogP contribution in [-0.4, -0.2) is 0 Å². The van der Waals surface area contributed by atoms with Gasteiger partial charge in [0.15, 0.2) is 0 Å². The van der Waals surface area contributed by atoms with Crippen molar-refractivity contribution >= 4 is 0 Å². The van der Waals surface area contributed by atoms with E-state index in [4.69, 9.17) is 0 Å². The number of hydrogen-bond acceptors (Lipinski definition) is 0. The molecule has 1 rings (SSSR count). The second-order valence-corrected chi connectivity index (χ2v) is 4.62. The van der Waals surface area contributed by atoms with Crippen molar-refractivity contribution in [1.82, 2.24) is 0 Å². The molecule has 0 nitrogen and oxygen atoms in total. The van der Waals surface area contributed by atoms with E-state index >= 15 is 0 Å². The zero-order valence-corrected chi connectivity index (χ0v) is 9.65. The summed E-state index contributed by atoms with van der Waals surface area (Å²) in [5.41, 5.74) is 2.86. The molecule has 0 saturated carbocycles. The lowest BCUT2D eigenvalue weighted by atomic mass is 9.99. The van der Waals surface area contributed by atoms with E-state index in [-0.39, 0.29) is 0 Å². The van der Waals surface area contributed by atoms with Gasteiger partial charge in [0, 0.05) is 0 Å². The minimum atomic E-state index is 1.21. The fourth-order valence-electron chi connectivity index (χ4n) is 2.13. The maximum Gasteiger partial charge on any atom is -0.0285 e. The molecule has 0 unspecified atom stereocenters. The highest BCUT2D eigenvalue weighted by Crippen LogP contribution is 2.18. The number of allylic oxidation sites excluding steroid dienone is 3. The largest absolute Gasteiger partial charge is 0.0958 e. The van der Waals surface area contributed by atoms with Crippen LogP contribution in [0.15, 0.2) is 23.8 Å². The Balaban J connectivity index is 2.40. The van der Waals surface area contributed by atoms with E-state index < -0.39 is 0 Å². The van der Waals surface area contributed by atoms with E-state index in [1.807, 2.05) is 0 Å². The van der Waals surface area contributed by atoms with Crippen LogP contribution in [0.4, 0.5) is 0 Å². The van der Waals surface area contributed by atoms with Crippen LogP contribution >= 0.6 is 0 Å². The maximum atomic E-state index is 4.12. The molecule has 80 valence electrons. The minimum absolute atomic E-state index is 1.21. The van der Waals surface area contributed by atoms with Gasteiger partial charge in [-0.3, -0.25) is 0 Å². The Morgan fingerprint density at radius 2 is 1.36 bits per heavy atom. The van der Waals surface area contributed by atoms with Gasteiger partial charge in [0.2, 0.25) is 0 Å². The molecule has 0 amide bonds. The van der Waals surface area contributed by atoms with E-state index in [1.54, 1.807) is 0 Å². The smallest absolute Gasteiger partial charge is 0.0285 e. The highest BCUT2D eigenvalue weighted by atomic mass is 14.0. The fourth-order valence-corrected chi connectivity index (χ4v) is 2.13. The highest BCUT2D eigenvalue weighted by Gasteiger charge is 1.98. The van der Waals surface area contributed by atoms with Crippen LogP contribution in [0.2, 0.25) is 0 Å². The summed E-state index contributed by atoms with van der Waals surface area (Å²) in [5.74, 6) is 0. The van der Waals surface area contributed by atoms with Gasteiger partial charge >= 0.3 is 0 Å². The topological polar surface area (TPSA) is 0 Å². The molecule has 0 radical (unpaired) electrons. The van der Waals surface area contributed by atoms with Crippen LogP contribution < -0.4 is 0 Å². The third kappa shape index (κ3) is 5.26. The Kier molecular flexibility index (Phi) is 5.66. The minimum Gasteiger partial charge on any atom is -0.0958 e. The summed E-state index contributed by atoms with van der Waals surface area (Å²) in [5, 5.41) is 0. The molecule has 0 aromatic rings. The zero-order valence-electron chi connectivity index (χ0n) is 9.65. The molecule has 0 spiro atoms. The third-order valence-electron chi connectivity index (χ3n) is 3.02. The van der Waals surface area contributed by atoms with Crippen molar-refractivity contribution in [3.63, 3.8) is 0 Å². The lowest BCUT2D eigenvalue weighted by Crippen LogP contribution is -1.87. The standard InChI is InChI=1S/C14H24/c1-13-10-8-6-4-3-5-7-9-11-14(2)12-13/h12H,1,3-11H2,2H3/b14-12-. The van der Waals surface area contributed by atoms with Gasteiger partial charge in [-0.1, -0.05) is 55.9 Å². The average molecular weight is 192 g/mol. The molecule has 0 atom stereocenters. The van der Waals surface area contributed by atoms with E-state index in [9.17, 15) is 0 Å². The third-order valence-corrected chi connectivity index (χ3v) is 3.02. The summed E-state index contributed by atoms with van der Waals surface area (Å²) < 4.78 is 0. The molecule has 0 fully saturated rings. The normalized spacial score (nSPS) is 25.8. The second-order valence-electron chi connectivity index (χ2n) is 4.62. The quantitative estimate of drug-likeness (QED) is 0.506. The Hall–Kier alpha value is -0.520. The van der Waals surface area contributed by atoms with E-state index in [2.05, 4.69) is 19.6 Å². The summed E-state index contributed by atoms with van der Waals surface area (Å²) in [6.07, 6.45) is 14.6. The van der Waals surface area contributed by atoms with Crippen molar-refractivity contribution in [2.24, 2.45) is 0 Å². The van der Waals surface area contributed by atoms with Crippen LogP contribution in [0.3, 0.4) is 0 Å². The van der Waals surface area contributed by atoms with Gasteiger partial charge in [0.05, 0.1) is 0 Å². The summed E-state index contributed by atoms with van der Waals surface area (Å²) in [4.78, 5) is 0. The summed E-state index contributed by atoms with van der Waals surface area (Å²) in [6.45, 7) is 6.36. The average Bonchev–Trinajstić information content (AvgIpc) is 2.13. The van der Waals surface area contributed by atoms with Gasteiger partial charge in [-0.2, -0.15) is 0 Å². The molecule has 1 aliphatic carbocycles. The summed E-state index contributed by atoms with van der Waals surface area (Å²) in [6, 6.07) is 0. The second kappa shape index (κ2) is 6.86. The molecule has 14 heavy (non-hydrogen) atoms.